The van der Waals surface area contributed by atoms with Gasteiger partial charge in [-0.05, 0) is 60.9 Å². The Balaban J connectivity index is 1.67. The van der Waals surface area contributed by atoms with Gasteiger partial charge in [-0.3, -0.25) is 4.79 Å². The van der Waals surface area contributed by atoms with E-state index in [9.17, 15) is 9.18 Å². The highest BCUT2D eigenvalue weighted by molar-refractivity contribution is 5.91. The van der Waals surface area contributed by atoms with Crippen LogP contribution in [-0.2, 0) is 13.0 Å². The van der Waals surface area contributed by atoms with Gasteiger partial charge in [-0.15, -0.1) is 0 Å². The van der Waals surface area contributed by atoms with Crippen LogP contribution in [0.25, 0.3) is 10.9 Å². The van der Waals surface area contributed by atoms with E-state index in [1.54, 1.807) is 29.2 Å². The van der Waals surface area contributed by atoms with E-state index in [4.69, 9.17) is 9.40 Å². The van der Waals surface area contributed by atoms with Gasteiger partial charge in [0.05, 0.1) is 11.8 Å². The first-order chi connectivity index (χ1) is 15.4. The molecule has 2 aromatic heterocycles. The number of aromatic nitrogens is 1. The topological polar surface area (TPSA) is 49.6 Å². The zero-order valence-electron chi connectivity index (χ0n) is 18.5. The molecule has 2 aromatic carbocycles. The van der Waals surface area contributed by atoms with Crippen LogP contribution in [0.1, 0.15) is 27.2 Å². The number of pyridine rings is 1. The lowest BCUT2D eigenvalue weighted by Gasteiger charge is -2.25. The first-order valence-corrected chi connectivity index (χ1v) is 10.6. The SMILES string of the molecule is Cc1ccc2cc(CN(CCc3ccc(F)cc3)C(=O)c3ccco3)c(N(C)C)nc2c1. The lowest BCUT2D eigenvalue weighted by atomic mass is 10.1. The number of aryl methyl sites for hydroxylation is 1. The monoisotopic (exact) mass is 431 g/mol. The van der Waals surface area contributed by atoms with Crippen molar-refractivity contribution in [3.05, 3.63) is 95.2 Å². The second-order valence-corrected chi connectivity index (χ2v) is 8.14. The van der Waals surface area contributed by atoms with Crippen LogP contribution in [0.15, 0.2) is 71.3 Å². The van der Waals surface area contributed by atoms with Crippen LogP contribution in [0.2, 0.25) is 0 Å². The summed E-state index contributed by atoms with van der Waals surface area (Å²) in [5.74, 6) is 0.651. The molecule has 0 bridgehead atoms. The third kappa shape index (κ3) is 4.80. The van der Waals surface area contributed by atoms with E-state index in [0.717, 1.165) is 33.4 Å². The van der Waals surface area contributed by atoms with Crippen molar-refractivity contribution >= 4 is 22.6 Å². The van der Waals surface area contributed by atoms with Crippen molar-refractivity contribution in [2.45, 2.75) is 19.9 Å². The number of rotatable bonds is 7. The lowest BCUT2D eigenvalue weighted by molar-refractivity contribution is 0.0713. The van der Waals surface area contributed by atoms with Gasteiger partial charge in [-0.2, -0.15) is 0 Å². The molecular weight excluding hydrogens is 405 g/mol. The van der Waals surface area contributed by atoms with Gasteiger partial charge in [0, 0.05) is 38.1 Å². The van der Waals surface area contributed by atoms with Crippen molar-refractivity contribution in [2.75, 3.05) is 25.5 Å². The fourth-order valence-electron chi connectivity index (χ4n) is 3.74. The van der Waals surface area contributed by atoms with Gasteiger partial charge in [0.25, 0.3) is 5.91 Å². The van der Waals surface area contributed by atoms with E-state index < -0.39 is 0 Å². The fraction of sp³-hybridized carbons (Fsp3) is 0.231. The van der Waals surface area contributed by atoms with E-state index >= 15 is 0 Å². The van der Waals surface area contributed by atoms with Crippen LogP contribution in [0.5, 0.6) is 0 Å². The quantitative estimate of drug-likeness (QED) is 0.402. The third-order valence-electron chi connectivity index (χ3n) is 5.42. The number of anilines is 1. The molecule has 5 nitrogen and oxygen atoms in total. The summed E-state index contributed by atoms with van der Waals surface area (Å²) < 4.78 is 18.6. The molecule has 2 heterocycles. The summed E-state index contributed by atoms with van der Waals surface area (Å²) in [6.07, 6.45) is 2.10. The molecule has 0 radical (unpaired) electrons. The van der Waals surface area contributed by atoms with Crippen molar-refractivity contribution in [2.24, 2.45) is 0 Å². The summed E-state index contributed by atoms with van der Waals surface area (Å²) in [5.41, 5.74) is 3.98. The van der Waals surface area contributed by atoms with E-state index in [1.807, 2.05) is 25.9 Å². The number of nitrogens with zero attached hydrogens (tertiary/aromatic N) is 3. The van der Waals surface area contributed by atoms with Crippen molar-refractivity contribution < 1.29 is 13.6 Å². The minimum Gasteiger partial charge on any atom is -0.459 e. The van der Waals surface area contributed by atoms with Crippen molar-refractivity contribution in [3.8, 4) is 0 Å². The summed E-state index contributed by atoms with van der Waals surface area (Å²) in [6, 6.07) is 18.0. The molecule has 0 aliphatic rings. The Bertz CT molecular complexity index is 1220. The Kier molecular flexibility index (Phi) is 6.21. The minimum atomic E-state index is -0.273. The second kappa shape index (κ2) is 9.22. The average Bonchev–Trinajstić information content (AvgIpc) is 3.31. The number of furan rings is 1. The summed E-state index contributed by atoms with van der Waals surface area (Å²) in [6.45, 7) is 2.89. The van der Waals surface area contributed by atoms with Crippen molar-refractivity contribution in [1.29, 1.82) is 0 Å². The molecule has 0 aliphatic carbocycles. The molecule has 0 aliphatic heterocycles. The summed E-state index contributed by atoms with van der Waals surface area (Å²) in [7, 11) is 3.90. The maximum Gasteiger partial charge on any atom is 0.289 e. The fourth-order valence-corrected chi connectivity index (χ4v) is 3.74. The number of hydrogen-bond acceptors (Lipinski definition) is 4. The Morgan fingerprint density at radius 1 is 1.06 bits per heavy atom. The van der Waals surface area contributed by atoms with E-state index in [2.05, 4.69) is 24.3 Å². The highest BCUT2D eigenvalue weighted by Crippen LogP contribution is 2.25. The number of carbonyl (C=O) groups excluding carboxylic acids is 1. The van der Waals surface area contributed by atoms with Crippen molar-refractivity contribution in [3.63, 3.8) is 0 Å². The van der Waals surface area contributed by atoms with Crippen LogP contribution in [0, 0.1) is 12.7 Å². The highest BCUT2D eigenvalue weighted by atomic mass is 19.1. The molecule has 164 valence electrons. The van der Waals surface area contributed by atoms with Crippen LogP contribution >= 0.6 is 0 Å². The van der Waals surface area contributed by atoms with Gasteiger partial charge in [-0.1, -0.05) is 24.3 Å². The molecule has 4 rings (SSSR count). The molecule has 0 atom stereocenters. The van der Waals surface area contributed by atoms with E-state index in [1.165, 1.54) is 18.4 Å². The molecule has 0 unspecified atom stereocenters. The standard InChI is InChI=1S/C26H26FN3O2/c1-18-6-9-20-16-21(25(29(2)3)28-23(20)15-18)17-30(26(31)24-5-4-14-32-24)13-12-19-7-10-22(27)11-8-19/h4-11,14-16H,12-13,17H2,1-3H3. The maximum absolute atomic E-state index is 13.3. The smallest absolute Gasteiger partial charge is 0.289 e. The van der Waals surface area contributed by atoms with Crippen LogP contribution in [0.4, 0.5) is 10.2 Å². The van der Waals surface area contributed by atoms with Gasteiger partial charge < -0.3 is 14.2 Å². The number of halogens is 1. The van der Waals surface area contributed by atoms with E-state index in [0.29, 0.717) is 25.3 Å². The lowest BCUT2D eigenvalue weighted by Crippen LogP contribution is -2.33. The molecular formula is C26H26FN3O2. The Hall–Kier alpha value is -3.67. The minimum absolute atomic E-state index is 0.189. The maximum atomic E-state index is 13.3. The Morgan fingerprint density at radius 3 is 2.53 bits per heavy atom. The summed E-state index contributed by atoms with van der Waals surface area (Å²) in [5, 5.41) is 1.03. The summed E-state index contributed by atoms with van der Waals surface area (Å²) >= 11 is 0. The number of benzene rings is 2. The molecule has 6 heteroatoms. The van der Waals surface area contributed by atoms with Gasteiger partial charge in [-0.25, -0.2) is 9.37 Å². The first kappa shape index (κ1) is 21.6. The molecule has 0 fully saturated rings. The molecule has 4 aromatic rings. The van der Waals surface area contributed by atoms with Gasteiger partial charge in [0.2, 0.25) is 0 Å². The number of carbonyl (C=O) groups is 1. The number of hydrogen-bond donors (Lipinski definition) is 0. The first-order valence-electron chi connectivity index (χ1n) is 10.6. The normalized spacial score (nSPS) is 11.0. The van der Waals surface area contributed by atoms with Gasteiger partial charge in [0.1, 0.15) is 11.6 Å². The van der Waals surface area contributed by atoms with Gasteiger partial charge in [0.15, 0.2) is 5.76 Å². The zero-order valence-corrected chi connectivity index (χ0v) is 18.5. The molecule has 0 saturated heterocycles. The zero-order chi connectivity index (χ0) is 22.7. The number of fused-ring (bicyclic) bond motifs is 1. The summed E-state index contributed by atoms with van der Waals surface area (Å²) in [4.78, 5) is 21.8. The average molecular weight is 432 g/mol. The van der Waals surface area contributed by atoms with Crippen molar-refractivity contribution in [1.82, 2.24) is 9.88 Å². The Labute approximate surface area is 187 Å². The highest BCUT2D eigenvalue weighted by Gasteiger charge is 2.21. The van der Waals surface area contributed by atoms with Crippen LogP contribution < -0.4 is 4.90 Å². The van der Waals surface area contributed by atoms with Gasteiger partial charge >= 0.3 is 0 Å². The molecule has 0 saturated carbocycles. The molecule has 0 N–H and O–H groups in total. The number of amides is 1. The predicted molar refractivity (Wildman–Crippen MR) is 124 cm³/mol. The second-order valence-electron chi connectivity index (χ2n) is 8.14. The predicted octanol–water partition coefficient (Wildman–Crippen LogP) is 5.23. The molecule has 0 spiro atoms. The largest absolute Gasteiger partial charge is 0.459 e. The van der Waals surface area contributed by atoms with Crippen LogP contribution in [-0.4, -0.2) is 36.4 Å². The van der Waals surface area contributed by atoms with Crippen LogP contribution in [0.3, 0.4) is 0 Å². The molecule has 32 heavy (non-hydrogen) atoms. The Morgan fingerprint density at radius 2 is 1.84 bits per heavy atom. The third-order valence-corrected chi connectivity index (χ3v) is 5.42. The van der Waals surface area contributed by atoms with E-state index in [-0.39, 0.29) is 11.7 Å². The molecule has 1 amide bonds.